The normalized spacial score (nSPS) is 17.6. The molecule has 2 rings (SSSR count). The number of anilines is 1. The number of nitrogens with zero attached hydrogens (tertiary/aromatic N) is 2. The molecule has 2 nitrogen and oxygen atoms in total. The van der Waals surface area contributed by atoms with E-state index in [1.807, 2.05) is 0 Å². The van der Waals surface area contributed by atoms with Crippen LogP contribution in [0.2, 0.25) is 0 Å². The van der Waals surface area contributed by atoms with Crippen molar-refractivity contribution in [2.24, 2.45) is 5.92 Å². The minimum absolute atomic E-state index is 0.931. The van der Waals surface area contributed by atoms with Gasteiger partial charge in [0.2, 0.25) is 0 Å². The molecule has 1 fully saturated rings. The predicted octanol–water partition coefficient (Wildman–Crippen LogP) is 3.42. The molecule has 0 N–H and O–H groups in total. The molecular formula is C17H28N2. The molecule has 106 valence electrons. The maximum atomic E-state index is 2.62. The zero-order valence-electron chi connectivity index (χ0n) is 12.7. The second-order valence-electron chi connectivity index (χ2n) is 5.95. The van der Waals surface area contributed by atoms with E-state index in [1.165, 1.54) is 50.1 Å². The lowest BCUT2D eigenvalue weighted by Gasteiger charge is -2.30. The molecule has 1 aromatic rings. The van der Waals surface area contributed by atoms with Crippen molar-refractivity contribution in [3.8, 4) is 0 Å². The Morgan fingerprint density at radius 2 is 1.79 bits per heavy atom. The average molecular weight is 260 g/mol. The Morgan fingerprint density at radius 1 is 1.16 bits per heavy atom. The fourth-order valence-corrected chi connectivity index (χ4v) is 2.67. The lowest BCUT2D eigenvalue weighted by molar-refractivity contribution is 0.194. The van der Waals surface area contributed by atoms with Crippen molar-refractivity contribution in [1.82, 2.24) is 4.90 Å². The van der Waals surface area contributed by atoms with Crippen LogP contribution in [0.1, 0.15) is 32.3 Å². The summed E-state index contributed by atoms with van der Waals surface area (Å²) >= 11 is 0. The summed E-state index contributed by atoms with van der Waals surface area (Å²) in [4.78, 5) is 4.89. The van der Waals surface area contributed by atoms with Crippen LogP contribution < -0.4 is 4.90 Å². The monoisotopic (exact) mass is 260 g/mol. The summed E-state index contributed by atoms with van der Waals surface area (Å²) in [5, 5.41) is 0. The van der Waals surface area contributed by atoms with Crippen LogP contribution in [0.4, 0.5) is 5.69 Å². The number of hydrogen-bond acceptors (Lipinski definition) is 2. The third-order valence-electron chi connectivity index (χ3n) is 4.44. The first-order valence-corrected chi connectivity index (χ1v) is 7.71. The molecule has 1 heterocycles. The standard InChI is InChI=1S/C17H28N2/c1-4-18(3)17-7-5-16(6-8-17)11-14-19-12-9-15(2)10-13-19/h5-8,15H,4,9-14H2,1-3H3. The topological polar surface area (TPSA) is 6.48 Å². The molecule has 1 aliphatic heterocycles. The van der Waals surface area contributed by atoms with E-state index in [0.717, 1.165) is 12.5 Å². The Bertz CT molecular complexity index is 363. The van der Waals surface area contributed by atoms with E-state index in [9.17, 15) is 0 Å². The van der Waals surface area contributed by atoms with Crippen molar-refractivity contribution in [2.45, 2.75) is 33.1 Å². The number of piperidine rings is 1. The number of benzene rings is 1. The van der Waals surface area contributed by atoms with Crippen LogP contribution in [-0.4, -0.2) is 38.1 Å². The highest BCUT2D eigenvalue weighted by molar-refractivity contribution is 5.46. The Hall–Kier alpha value is -1.02. The van der Waals surface area contributed by atoms with Crippen molar-refractivity contribution in [3.63, 3.8) is 0 Å². The van der Waals surface area contributed by atoms with Gasteiger partial charge < -0.3 is 9.80 Å². The number of hydrogen-bond donors (Lipinski definition) is 0. The zero-order valence-corrected chi connectivity index (χ0v) is 12.7. The fourth-order valence-electron chi connectivity index (χ4n) is 2.67. The molecular weight excluding hydrogens is 232 g/mol. The third kappa shape index (κ3) is 4.24. The van der Waals surface area contributed by atoms with Crippen LogP contribution in [0.25, 0.3) is 0 Å². The largest absolute Gasteiger partial charge is 0.375 e. The molecule has 1 aliphatic rings. The summed E-state index contributed by atoms with van der Waals surface area (Å²) in [7, 11) is 2.14. The molecule has 1 aromatic carbocycles. The van der Waals surface area contributed by atoms with E-state index in [4.69, 9.17) is 0 Å². The van der Waals surface area contributed by atoms with Crippen LogP contribution in [0.5, 0.6) is 0 Å². The highest BCUT2D eigenvalue weighted by Crippen LogP contribution is 2.17. The molecule has 0 saturated carbocycles. The van der Waals surface area contributed by atoms with Crippen LogP contribution in [-0.2, 0) is 6.42 Å². The van der Waals surface area contributed by atoms with Gasteiger partial charge in [-0.3, -0.25) is 0 Å². The van der Waals surface area contributed by atoms with Crippen molar-refractivity contribution in [1.29, 1.82) is 0 Å². The molecule has 19 heavy (non-hydrogen) atoms. The SMILES string of the molecule is CCN(C)c1ccc(CCN2CCC(C)CC2)cc1. The first kappa shape index (κ1) is 14.4. The van der Waals surface area contributed by atoms with Crippen molar-refractivity contribution < 1.29 is 0 Å². The molecule has 0 bridgehead atoms. The van der Waals surface area contributed by atoms with E-state index in [0.29, 0.717) is 0 Å². The smallest absolute Gasteiger partial charge is 0.0363 e. The quantitative estimate of drug-likeness (QED) is 0.800. The fraction of sp³-hybridized carbons (Fsp3) is 0.647. The van der Waals surface area contributed by atoms with Gasteiger partial charge in [-0.05, 0) is 62.9 Å². The molecule has 1 saturated heterocycles. The van der Waals surface area contributed by atoms with E-state index < -0.39 is 0 Å². The maximum absolute atomic E-state index is 2.62. The summed E-state index contributed by atoms with van der Waals surface area (Å²) < 4.78 is 0. The molecule has 0 amide bonds. The Balaban J connectivity index is 1.80. The van der Waals surface area contributed by atoms with Gasteiger partial charge in [-0.1, -0.05) is 19.1 Å². The summed E-state index contributed by atoms with van der Waals surface area (Å²) in [6, 6.07) is 9.07. The van der Waals surface area contributed by atoms with E-state index in [2.05, 4.69) is 55.0 Å². The van der Waals surface area contributed by atoms with Gasteiger partial charge in [0.05, 0.1) is 0 Å². The molecule has 2 heteroatoms. The maximum Gasteiger partial charge on any atom is 0.0363 e. The highest BCUT2D eigenvalue weighted by atomic mass is 15.1. The lowest BCUT2D eigenvalue weighted by Crippen LogP contribution is -2.34. The summed E-state index contributed by atoms with van der Waals surface area (Å²) in [5.74, 6) is 0.931. The van der Waals surface area contributed by atoms with Crippen molar-refractivity contribution in [3.05, 3.63) is 29.8 Å². The van der Waals surface area contributed by atoms with E-state index >= 15 is 0 Å². The second kappa shape index (κ2) is 6.95. The van der Waals surface area contributed by atoms with E-state index in [-0.39, 0.29) is 0 Å². The first-order chi connectivity index (χ1) is 9.19. The van der Waals surface area contributed by atoms with Gasteiger partial charge in [0.1, 0.15) is 0 Å². The van der Waals surface area contributed by atoms with Crippen LogP contribution in [0.15, 0.2) is 24.3 Å². The van der Waals surface area contributed by atoms with Crippen LogP contribution >= 0.6 is 0 Å². The minimum atomic E-state index is 0.931. The Kier molecular flexibility index (Phi) is 5.26. The highest BCUT2D eigenvalue weighted by Gasteiger charge is 2.14. The van der Waals surface area contributed by atoms with Gasteiger partial charge in [-0.2, -0.15) is 0 Å². The lowest BCUT2D eigenvalue weighted by atomic mass is 9.99. The third-order valence-corrected chi connectivity index (χ3v) is 4.44. The van der Waals surface area contributed by atoms with Gasteiger partial charge in [0, 0.05) is 25.8 Å². The average Bonchev–Trinajstić information content (AvgIpc) is 2.46. The molecule has 0 radical (unpaired) electrons. The molecule has 0 aliphatic carbocycles. The molecule has 0 aromatic heterocycles. The summed E-state index contributed by atoms with van der Waals surface area (Å²) in [5.41, 5.74) is 2.78. The van der Waals surface area contributed by atoms with Crippen molar-refractivity contribution >= 4 is 5.69 Å². The number of likely N-dealkylation sites (tertiary alicyclic amines) is 1. The van der Waals surface area contributed by atoms with Crippen LogP contribution in [0, 0.1) is 5.92 Å². The van der Waals surface area contributed by atoms with Gasteiger partial charge in [-0.25, -0.2) is 0 Å². The van der Waals surface area contributed by atoms with Gasteiger partial charge in [-0.15, -0.1) is 0 Å². The van der Waals surface area contributed by atoms with Gasteiger partial charge in [0.25, 0.3) is 0 Å². The van der Waals surface area contributed by atoms with E-state index in [1.54, 1.807) is 0 Å². The zero-order chi connectivity index (χ0) is 13.7. The summed E-state index contributed by atoms with van der Waals surface area (Å²) in [6.07, 6.45) is 3.94. The van der Waals surface area contributed by atoms with Crippen molar-refractivity contribution in [2.75, 3.05) is 38.1 Å². The molecule has 0 spiro atoms. The number of rotatable bonds is 5. The minimum Gasteiger partial charge on any atom is -0.375 e. The predicted molar refractivity (Wildman–Crippen MR) is 83.9 cm³/mol. The summed E-state index contributed by atoms with van der Waals surface area (Å²) in [6.45, 7) is 9.42. The molecule has 0 atom stereocenters. The van der Waals surface area contributed by atoms with Gasteiger partial charge in [0.15, 0.2) is 0 Å². The Labute approximate surface area is 118 Å². The van der Waals surface area contributed by atoms with Gasteiger partial charge >= 0.3 is 0 Å². The Morgan fingerprint density at radius 3 is 2.37 bits per heavy atom. The molecule has 0 unspecified atom stereocenters. The van der Waals surface area contributed by atoms with Crippen LogP contribution in [0.3, 0.4) is 0 Å². The first-order valence-electron chi connectivity index (χ1n) is 7.71. The second-order valence-corrected chi connectivity index (χ2v) is 5.95.